The average Bonchev–Trinajstić information content (AvgIpc) is 2.97. The molecule has 0 radical (unpaired) electrons. The highest BCUT2D eigenvalue weighted by Gasteiger charge is 2.09. The van der Waals surface area contributed by atoms with E-state index in [9.17, 15) is 4.79 Å². The molecule has 1 heterocycles. The molecule has 1 aromatic heterocycles. The van der Waals surface area contributed by atoms with Gasteiger partial charge in [-0.1, -0.05) is 35.1 Å². The molecule has 1 N–H and O–H groups in total. The molecule has 24 heavy (non-hydrogen) atoms. The molecule has 1 amide bonds. The van der Waals surface area contributed by atoms with Crippen LogP contribution in [0.25, 0.3) is 10.2 Å². The van der Waals surface area contributed by atoms with Gasteiger partial charge in [-0.2, -0.15) is 0 Å². The molecule has 0 aliphatic rings. The standard InChI is InChI=1S/C18H17ClN2OS2/c1-12-4-2-5-15-17(12)21-18(24-15)20-16(22)6-3-11-23-14-9-7-13(19)8-10-14/h2,4-5,7-10H,3,6,11H2,1H3,(H,20,21,22). The van der Waals surface area contributed by atoms with Crippen molar-refractivity contribution in [1.82, 2.24) is 4.98 Å². The molecule has 0 unspecified atom stereocenters. The van der Waals surface area contributed by atoms with Crippen LogP contribution in [0, 0.1) is 6.92 Å². The predicted octanol–water partition coefficient (Wildman–Crippen LogP) is 5.77. The zero-order chi connectivity index (χ0) is 16.9. The number of hydrogen-bond donors (Lipinski definition) is 1. The molecule has 0 atom stereocenters. The molecule has 3 rings (SSSR count). The summed E-state index contributed by atoms with van der Waals surface area (Å²) in [4.78, 5) is 17.7. The Morgan fingerprint density at radius 3 is 2.79 bits per heavy atom. The van der Waals surface area contributed by atoms with Gasteiger partial charge in [0.1, 0.15) is 0 Å². The minimum Gasteiger partial charge on any atom is -0.302 e. The highest BCUT2D eigenvalue weighted by molar-refractivity contribution is 7.99. The number of nitrogens with one attached hydrogen (secondary N) is 1. The second kappa shape index (κ2) is 8.01. The number of anilines is 1. The number of fused-ring (bicyclic) bond motifs is 1. The van der Waals surface area contributed by atoms with E-state index in [1.807, 2.05) is 49.4 Å². The molecule has 0 spiro atoms. The van der Waals surface area contributed by atoms with Crippen LogP contribution in [0.15, 0.2) is 47.4 Å². The Morgan fingerprint density at radius 1 is 1.25 bits per heavy atom. The maximum absolute atomic E-state index is 12.1. The van der Waals surface area contributed by atoms with E-state index in [0.29, 0.717) is 11.6 Å². The quantitative estimate of drug-likeness (QED) is 0.438. The summed E-state index contributed by atoms with van der Waals surface area (Å²) in [5.41, 5.74) is 2.10. The normalized spacial score (nSPS) is 10.9. The topological polar surface area (TPSA) is 42.0 Å². The molecule has 0 bridgehead atoms. The zero-order valence-corrected chi connectivity index (χ0v) is 15.6. The number of aromatic nitrogens is 1. The lowest BCUT2D eigenvalue weighted by Gasteiger charge is -2.03. The van der Waals surface area contributed by atoms with Gasteiger partial charge in [-0.25, -0.2) is 4.98 Å². The Labute approximate surface area is 154 Å². The Hall–Kier alpha value is -1.56. The number of aryl methyl sites for hydroxylation is 1. The first-order chi connectivity index (χ1) is 11.6. The van der Waals surface area contributed by atoms with Crippen molar-refractivity contribution >= 4 is 56.0 Å². The highest BCUT2D eigenvalue weighted by Crippen LogP contribution is 2.28. The Morgan fingerprint density at radius 2 is 2.04 bits per heavy atom. The van der Waals surface area contributed by atoms with Crippen LogP contribution in [0.4, 0.5) is 5.13 Å². The van der Waals surface area contributed by atoms with Crippen LogP contribution in [-0.4, -0.2) is 16.6 Å². The smallest absolute Gasteiger partial charge is 0.226 e. The fraction of sp³-hybridized carbons (Fsp3) is 0.222. The fourth-order valence-corrected chi connectivity index (χ4v) is 4.21. The van der Waals surface area contributed by atoms with Crippen molar-refractivity contribution < 1.29 is 4.79 Å². The lowest BCUT2D eigenvalue weighted by atomic mass is 10.2. The van der Waals surface area contributed by atoms with Crippen molar-refractivity contribution in [3.8, 4) is 0 Å². The number of rotatable bonds is 6. The zero-order valence-electron chi connectivity index (χ0n) is 13.2. The van der Waals surface area contributed by atoms with Crippen molar-refractivity contribution in [2.45, 2.75) is 24.7 Å². The Kier molecular flexibility index (Phi) is 5.76. The van der Waals surface area contributed by atoms with E-state index in [1.165, 1.54) is 16.2 Å². The van der Waals surface area contributed by atoms with Crippen molar-refractivity contribution in [2.24, 2.45) is 0 Å². The number of thioether (sulfide) groups is 1. The Balaban J connectivity index is 1.46. The first kappa shape index (κ1) is 17.3. The molecular formula is C18H17ClN2OS2. The number of nitrogens with zero attached hydrogens (tertiary/aromatic N) is 1. The first-order valence-electron chi connectivity index (χ1n) is 7.66. The van der Waals surface area contributed by atoms with E-state index in [0.717, 1.165) is 33.0 Å². The van der Waals surface area contributed by atoms with E-state index in [1.54, 1.807) is 11.8 Å². The average molecular weight is 377 g/mol. The number of hydrogen-bond acceptors (Lipinski definition) is 4. The van der Waals surface area contributed by atoms with Gasteiger partial charge in [0.25, 0.3) is 0 Å². The maximum atomic E-state index is 12.1. The van der Waals surface area contributed by atoms with Crippen LogP contribution in [0.5, 0.6) is 0 Å². The number of carbonyl (C=O) groups is 1. The number of para-hydroxylation sites is 1. The van der Waals surface area contributed by atoms with E-state index in [4.69, 9.17) is 11.6 Å². The molecule has 3 aromatic rings. The van der Waals surface area contributed by atoms with Gasteiger partial charge in [-0.15, -0.1) is 11.8 Å². The van der Waals surface area contributed by atoms with E-state index in [-0.39, 0.29) is 5.91 Å². The van der Waals surface area contributed by atoms with Crippen LogP contribution < -0.4 is 5.32 Å². The summed E-state index contributed by atoms with van der Waals surface area (Å²) in [6, 6.07) is 13.8. The molecule has 0 saturated carbocycles. The second-order valence-electron chi connectivity index (χ2n) is 5.39. The number of halogens is 1. The van der Waals surface area contributed by atoms with E-state index >= 15 is 0 Å². The van der Waals surface area contributed by atoms with Crippen LogP contribution in [-0.2, 0) is 4.79 Å². The molecule has 3 nitrogen and oxygen atoms in total. The second-order valence-corrected chi connectivity index (χ2v) is 8.03. The summed E-state index contributed by atoms with van der Waals surface area (Å²) >= 11 is 9.11. The van der Waals surface area contributed by atoms with Crippen molar-refractivity contribution in [2.75, 3.05) is 11.1 Å². The third-order valence-electron chi connectivity index (χ3n) is 3.50. The minimum absolute atomic E-state index is 0.0171. The third-order valence-corrected chi connectivity index (χ3v) is 5.78. The number of benzene rings is 2. The summed E-state index contributed by atoms with van der Waals surface area (Å²) in [7, 11) is 0. The summed E-state index contributed by atoms with van der Waals surface area (Å²) in [5.74, 6) is 0.914. The third kappa shape index (κ3) is 4.50. The summed E-state index contributed by atoms with van der Waals surface area (Å²) in [6.07, 6.45) is 1.32. The van der Waals surface area contributed by atoms with Gasteiger partial charge in [0, 0.05) is 16.3 Å². The number of amides is 1. The molecule has 124 valence electrons. The van der Waals surface area contributed by atoms with Crippen LogP contribution in [0.3, 0.4) is 0 Å². The minimum atomic E-state index is 0.0171. The molecule has 0 aliphatic heterocycles. The van der Waals surface area contributed by atoms with Crippen LogP contribution >= 0.6 is 34.7 Å². The van der Waals surface area contributed by atoms with Gasteiger partial charge in [-0.05, 0) is 55.0 Å². The summed E-state index contributed by atoms with van der Waals surface area (Å²) in [6.45, 7) is 2.03. The van der Waals surface area contributed by atoms with Crippen molar-refractivity contribution in [1.29, 1.82) is 0 Å². The largest absolute Gasteiger partial charge is 0.302 e. The molecule has 6 heteroatoms. The molecule has 0 saturated heterocycles. The first-order valence-corrected chi connectivity index (χ1v) is 9.84. The Bertz CT molecular complexity index is 846. The van der Waals surface area contributed by atoms with Gasteiger partial charge in [0.2, 0.25) is 5.91 Å². The van der Waals surface area contributed by atoms with Gasteiger partial charge in [-0.3, -0.25) is 4.79 Å². The van der Waals surface area contributed by atoms with Crippen molar-refractivity contribution in [3.63, 3.8) is 0 Å². The van der Waals surface area contributed by atoms with Gasteiger partial charge in [0.05, 0.1) is 10.2 Å². The molecule has 0 aliphatic carbocycles. The SMILES string of the molecule is Cc1cccc2sc(NC(=O)CCCSc3ccc(Cl)cc3)nc12. The predicted molar refractivity (Wildman–Crippen MR) is 104 cm³/mol. The number of carbonyl (C=O) groups excluding carboxylic acids is 1. The van der Waals surface area contributed by atoms with Gasteiger partial charge < -0.3 is 5.32 Å². The van der Waals surface area contributed by atoms with Crippen LogP contribution in [0.2, 0.25) is 5.02 Å². The van der Waals surface area contributed by atoms with E-state index in [2.05, 4.69) is 10.3 Å². The summed E-state index contributed by atoms with van der Waals surface area (Å²) < 4.78 is 1.10. The van der Waals surface area contributed by atoms with Crippen LogP contribution in [0.1, 0.15) is 18.4 Å². The number of thiazole rings is 1. The monoisotopic (exact) mass is 376 g/mol. The molecule has 2 aromatic carbocycles. The van der Waals surface area contributed by atoms with Crippen molar-refractivity contribution in [3.05, 3.63) is 53.1 Å². The van der Waals surface area contributed by atoms with Gasteiger partial charge >= 0.3 is 0 Å². The molecular weight excluding hydrogens is 360 g/mol. The highest BCUT2D eigenvalue weighted by atomic mass is 35.5. The molecule has 0 fully saturated rings. The lowest BCUT2D eigenvalue weighted by molar-refractivity contribution is -0.116. The fourth-order valence-electron chi connectivity index (χ4n) is 2.27. The lowest BCUT2D eigenvalue weighted by Crippen LogP contribution is -2.11. The maximum Gasteiger partial charge on any atom is 0.226 e. The van der Waals surface area contributed by atoms with E-state index < -0.39 is 0 Å². The van der Waals surface area contributed by atoms with Gasteiger partial charge in [0.15, 0.2) is 5.13 Å². The summed E-state index contributed by atoms with van der Waals surface area (Å²) in [5, 5.41) is 4.32.